The van der Waals surface area contributed by atoms with Crippen LogP contribution in [0.1, 0.15) is 13.3 Å². The number of ether oxygens (including phenoxy) is 1. The summed E-state index contributed by atoms with van der Waals surface area (Å²) in [6.07, 6.45) is 2.29. The standard InChI is InChI=1S/C10H13FN2O/c1-7-4-9(6-12-7)14-10-3-2-8(11)5-13-10/h2-3,5,7,9,12H,4,6H2,1H3/t7-,9+/m0/s1. The molecule has 0 radical (unpaired) electrons. The van der Waals surface area contributed by atoms with E-state index in [9.17, 15) is 4.39 Å². The Hall–Kier alpha value is -1.16. The van der Waals surface area contributed by atoms with Crippen molar-refractivity contribution in [2.45, 2.75) is 25.5 Å². The van der Waals surface area contributed by atoms with E-state index in [0.29, 0.717) is 11.9 Å². The lowest BCUT2D eigenvalue weighted by atomic mass is 10.2. The first-order chi connectivity index (χ1) is 6.74. The second-order valence-electron chi connectivity index (χ2n) is 3.60. The van der Waals surface area contributed by atoms with Crippen molar-refractivity contribution in [1.82, 2.24) is 10.3 Å². The predicted octanol–water partition coefficient (Wildman–Crippen LogP) is 1.35. The van der Waals surface area contributed by atoms with Crippen LogP contribution in [0.2, 0.25) is 0 Å². The van der Waals surface area contributed by atoms with Crippen LogP contribution >= 0.6 is 0 Å². The predicted molar refractivity (Wildman–Crippen MR) is 50.7 cm³/mol. The first-order valence-electron chi connectivity index (χ1n) is 4.75. The van der Waals surface area contributed by atoms with Crippen LogP contribution in [0.25, 0.3) is 0 Å². The van der Waals surface area contributed by atoms with Crippen molar-refractivity contribution in [3.05, 3.63) is 24.1 Å². The second kappa shape index (κ2) is 3.92. The van der Waals surface area contributed by atoms with E-state index >= 15 is 0 Å². The van der Waals surface area contributed by atoms with Crippen LogP contribution in [0.3, 0.4) is 0 Å². The summed E-state index contributed by atoms with van der Waals surface area (Å²) in [6.45, 7) is 2.95. The Morgan fingerprint density at radius 2 is 2.43 bits per heavy atom. The van der Waals surface area contributed by atoms with Crippen LogP contribution < -0.4 is 10.1 Å². The first kappa shape index (κ1) is 9.40. The van der Waals surface area contributed by atoms with Gasteiger partial charge in [-0.1, -0.05) is 0 Å². The molecule has 3 nitrogen and oxygen atoms in total. The Balaban J connectivity index is 1.94. The molecule has 0 spiro atoms. The molecule has 1 aliphatic rings. The Bertz CT molecular complexity index is 301. The van der Waals surface area contributed by atoms with E-state index in [1.54, 1.807) is 6.07 Å². The molecule has 14 heavy (non-hydrogen) atoms. The van der Waals surface area contributed by atoms with Crippen molar-refractivity contribution in [3.63, 3.8) is 0 Å². The highest BCUT2D eigenvalue weighted by Gasteiger charge is 2.22. The Morgan fingerprint density at radius 3 is 3.00 bits per heavy atom. The summed E-state index contributed by atoms with van der Waals surface area (Å²) in [5.41, 5.74) is 0. The molecular formula is C10H13FN2O. The number of halogens is 1. The van der Waals surface area contributed by atoms with E-state index in [4.69, 9.17) is 4.74 Å². The molecule has 1 saturated heterocycles. The van der Waals surface area contributed by atoms with Gasteiger partial charge in [-0.3, -0.25) is 0 Å². The number of nitrogens with one attached hydrogen (secondary N) is 1. The molecular weight excluding hydrogens is 183 g/mol. The van der Waals surface area contributed by atoms with Gasteiger partial charge >= 0.3 is 0 Å². The van der Waals surface area contributed by atoms with Crippen LogP contribution in [0.15, 0.2) is 18.3 Å². The second-order valence-corrected chi connectivity index (χ2v) is 3.60. The normalized spacial score (nSPS) is 26.4. The van der Waals surface area contributed by atoms with Gasteiger partial charge in [0.1, 0.15) is 11.9 Å². The maximum Gasteiger partial charge on any atom is 0.213 e. The molecule has 0 bridgehead atoms. The van der Waals surface area contributed by atoms with Gasteiger partial charge in [-0.2, -0.15) is 0 Å². The average Bonchev–Trinajstić information content (AvgIpc) is 2.56. The lowest BCUT2D eigenvalue weighted by Gasteiger charge is -2.10. The van der Waals surface area contributed by atoms with Crippen LogP contribution in [-0.2, 0) is 0 Å². The Morgan fingerprint density at radius 1 is 1.57 bits per heavy atom. The minimum Gasteiger partial charge on any atom is -0.473 e. The zero-order chi connectivity index (χ0) is 9.97. The van der Waals surface area contributed by atoms with Crippen molar-refractivity contribution in [1.29, 1.82) is 0 Å². The van der Waals surface area contributed by atoms with E-state index in [0.717, 1.165) is 13.0 Å². The van der Waals surface area contributed by atoms with E-state index < -0.39 is 0 Å². The van der Waals surface area contributed by atoms with Gasteiger partial charge in [0, 0.05) is 25.1 Å². The fraction of sp³-hybridized carbons (Fsp3) is 0.500. The molecule has 1 aromatic rings. The summed E-state index contributed by atoms with van der Waals surface area (Å²) in [6, 6.07) is 3.40. The number of aromatic nitrogens is 1. The summed E-state index contributed by atoms with van der Waals surface area (Å²) in [5.74, 6) is 0.155. The van der Waals surface area contributed by atoms with E-state index in [-0.39, 0.29) is 11.9 Å². The van der Waals surface area contributed by atoms with E-state index in [1.165, 1.54) is 12.3 Å². The Labute approximate surface area is 82.3 Å². The highest BCUT2D eigenvalue weighted by molar-refractivity contribution is 5.11. The summed E-state index contributed by atoms with van der Waals surface area (Å²) in [7, 11) is 0. The van der Waals surface area contributed by atoms with E-state index in [1.807, 2.05) is 0 Å². The number of rotatable bonds is 2. The first-order valence-corrected chi connectivity index (χ1v) is 4.75. The molecule has 0 amide bonds. The smallest absolute Gasteiger partial charge is 0.213 e. The quantitative estimate of drug-likeness (QED) is 0.775. The molecule has 0 aliphatic carbocycles. The molecule has 1 fully saturated rings. The molecule has 4 heteroatoms. The zero-order valence-electron chi connectivity index (χ0n) is 8.03. The Kier molecular flexibility index (Phi) is 2.63. The largest absolute Gasteiger partial charge is 0.473 e. The molecule has 0 unspecified atom stereocenters. The fourth-order valence-electron chi connectivity index (χ4n) is 1.59. The van der Waals surface area contributed by atoms with Crippen molar-refractivity contribution >= 4 is 0 Å². The van der Waals surface area contributed by atoms with Crippen LogP contribution in [0.5, 0.6) is 5.88 Å². The van der Waals surface area contributed by atoms with Crippen LogP contribution in [0, 0.1) is 5.82 Å². The fourth-order valence-corrected chi connectivity index (χ4v) is 1.59. The lowest BCUT2D eigenvalue weighted by Crippen LogP contribution is -2.20. The minimum atomic E-state index is -0.338. The zero-order valence-corrected chi connectivity index (χ0v) is 8.03. The average molecular weight is 196 g/mol. The molecule has 2 heterocycles. The number of nitrogens with zero attached hydrogens (tertiary/aromatic N) is 1. The number of hydrogen-bond acceptors (Lipinski definition) is 3. The third-order valence-electron chi connectivity index (χ3n) is 2.30. The molecule has 1 aromatic heterocycles. The van der Waals surface area contributed by atoms with Gasteiger partial charge < -0.3 is 10.1 Å². The minimum absolute atomic E-state index is 0.156. The molecule has 0 saturated carbocycles. The molecule has 0 aromatic carbocycles. The van der Waals surface area contributed by atoms with Crippen LogP contribution in [-0.4, -0.2) is 23.7 Å². The van der Waals surface area contributed by atoms with E-state index in [2.05, 4.69) is 17.2 Å². The highest BCUT2D eigenvalue weighted by atomic mass is 19.1. The summed E-state index contributed by atoms with van der Waals surface area (Å²) < 4.78 is 18.1. The van der Waals surface area contributed by atoms with Crippen molar-refractivity contribution in [2.75, 3.05) is 6.54 Å². The lowest BCUT2D eigenvalue weighted by molar-refractivity contribution is 0.211. The van der Waals surface area contributed by atoms with Gasteiger partial charge in [-0.15, -0.1) is 0 Å². The third-order valence-corrected chi connectivity index (χ3v) is 2.30. The van der Waals surface area contributed by atoms with Crippen molar-refractivity contribution in [2.24, 2.45) is 0 Å². The molecule has 76 valence electrons. The van der Waals surface area contributed by atoms with Crippen molar-refractivity contribution < 1.29 is 9.13 Å². The maximum atomic E-state index is 12.5. The summed E-state index contributed by atoms with van der Waals surface area (Å²) >= 11 is 0. The van der Waals surface area contributed by atoms with Gasteiger partial charge in [-0.05, 0) is 13.0 Å². The summed E-state index contributed by atoms with van der Waals surface area (Å²) in [4.78, 5) is 3.84. The van der Waals surface area contributed by atoms with Crippen molar-refractivity contribution in [3.8, 4) is 5.88 Å². The summed E-state index contributed by atoms with van der Waals surface area (Å²) in [5, 5.41) is 3.27. The number of pyridine rings is 1. The van der Waals surface area contributed by atoms with Gasteiger partial charge in [0.25, 0.3) is 0 Å². The molecule has 2 atom stereocenters. The SMILES string of the molecule is C[C@H]1C[C@@H](Oc2ccc(F)cn2)CN1. The molecule has 1 N–H and O–H groups in total. The van der Waals surface area contributed by atoms with Gasteiger partial charge in [-0.25, -0.2) is 9.37 Å². The van der Waals surface area contributed by atoms with Crippen LogP contribution in [0.4, 0.5) is 4.39 Å². The maximum absolute atomic E-state index is 12.5. The highest BCUT2D eigenvalue weighted by Crippen LogP contribution is 2.14. The number of hydrogen-bond donors (Lipinski definition) is 1. The topological polar surface area (TPSA) is 34.1 Å². The van der Waals surface area contributed by atoms with Gasteiger partial charge in [0.15, 0.2) is 0 Å². The monoisotopic (exact) mass is 196 g/mol. The third kappa shape index (κ3) is 2.20. The van der Waals surface area contributed by atoms with Gasteiger partial charge in [0.05, 0.1) is 6.20 Å². The molecule has 1 aliphatic heterocycles. The van der Waals surface area contributed by atoms with Gasteiger partial charge in [0.2, 0.25) is 5.88 Å². The molecule has 2 rings (SSSR count).